The van der Waals surface area contributed by atoms with E-state index in [1.165, 1.54) is 6.07 Å². The largest absolute Gasteiger partial charge is 0.497 e. The van der Waals surface area contributed by atoms with Crippen molar-refractivity contribution in [3.63, 3.8) is 0 Å². The second-order valence-corrected chi connectivity index (χ2v) is 5.44. The quantitative estimate of drug-likeness (QED) is 0.645. The van der Waals surface area contributed by atoms with E-state index in [-0.39, 0.29) is 0 Å². The van der Waals surface area contributed by atoms with Crippen molar-refractivity contribution < 1.29 is 9.13 Å². The summed E-state index contributed by atoms with van der Waals surface area (Å²) in [4.78, 5) is 0. The van der Waals surface area contributed by atoms with E-state index >= 15 is 0 Å². The molecule has 0 saturated carbocycles. The van der Waals surface area contributed by atoms with E-state index in [0.29, 0.717) is 16.3 Å². The lowest BCUT2D eigenvalue weighted by atomic mass is 9.98. The van der Waals surface area contributed by atoms with Crippen molar-refractivity contribution in [1.29, 1.82) is 0 Å². The Labute approximate surface area is 130 Å². The molecule has 3 N–H and O–H groups in total. The average Bonchev–Trinajstić information content (AvgIpc) is 2.43. The van der Waals surface area contributed by atoms with Crippen LogP contribution >= 0.6 is 27.5 Å². The van der Waals surface area contributed by atoms with E-state index in [1.54, 1.807) is 31.4 Å². The predicted octanol–water partition coefficient (Wildman–Crippen LogP) is 3.80. The molecule has 0 aromatic heterocycles. The molecule has 6 heteroatoms. The molecular formula is C14H13BrClFN2O. The Bertz CT molecular complexity index is 624. The van der Waals surface area contributed by atoms with Crippen LogP contribution in [0.5, 0.6) is 5.75 Å². The van der Waals surface area contributed by atoms with Crippen molar-refractivity contribution >= 4 is 27.5 Å². The summed E-state index contributed by atoms with van der Waals surface area (Å²) in [5.41, 5.74) is 3.80. The van der Waals surface area contributed by atoms with E-state index < -0.39 is 11.9 Å². The second kappa shape index (κ2) is 6.54. The van der Waals surface area contributed by atoms with Crippen LogP contribution in [0.15, 0.2) is 40.9 Å². The minimum absolute atomic E-state index is 0.340. The topological polar surface area (TPSA) is 47.3 Å². The highest BCUT2D eigenvalue weighted by molar-refractivity contribution is 9.10. The third-order valence-corrected chi connectivity index (χ3v) is 3.91. The molecule has 0 heterocycles. The minimum atomic E-state index is -0.517. The zero-order valence-corrected chi connectivity index (χ0v) is 13.0. The van der Waals surface area contributed by atoms with Crippen LogP contribution in [0.3, 0.4) is 0 Å². The molecule has 0 aliphatic heterocycles. The molecule has 0 spiro atoms. The maximum absolute atomic E-state index is 14.1. The van der Waals surface area contributed by atoms with Crippen LogP contribution in [0, 0.1) is 5.82 Å². The smallest absolute Gasteiger partial charge is 0.129 e. The van der Waals surface area contributed by atoms with Gasteiger partial charge < -0.3 is 4.74 Å². The number of benzene rings is 2. The van der Waals surface area contributed by atoms with Crippen LogP contribution in [0.1, 0.15) is 17.2 Å². The molecule has 20 heavy (non-hydrogen) atoms. The van der Waals surface area contributed by atoms with Gasteiger partial charge in [-0.3, -0.25) is 5.84 Å². The average molecular weight is 360 g/mol. The van der Waals surface area contributed by atoms with Crippen molar-refractivity contribution in [2.75, 3.05) is 7.11 Å². The Balaban J connectivity index is 2.51. The first-order chi connectivity index (χ1) is 9.56. The van der Waals surface area contributed by atoms with Crippen molar-refractivity contribution in [3.8, 4) is 5.75 Å². The molecule has 0 bridgehead atoms. The first-order valence-corrected chi connectivity index (χ1v) is 6.98. The number of hydrogen-bond donors (Lipinski definition) is 2. The molecule has 3 nitrogen and oxygen atoms in total. The third kappa shape index (κ3) is 3.12. The van der Waals surface area contributed by atoms with Crippen LogP contribution in [0.2, 0.25) is 5.02 Å². The van der Waals surface area contributed by atoms with Gasteiger partial charge in [-0.2, -0.15) is 0 Å². The summed E-state index contributed by atoms with van der Waals surface area (Å²) >= 11 is 9.21. The molecule has 106 valence electrons. The number of methoxy groups -OCH3 is 1. The fraction of sp³-hybridized carbons (Fsp3) is 0.143. The number of nitrogens with one attached hydrogen (secondary N) is 1. The van der Waals surface area contributed by atoms with Crippen molar-refractivity contribution in [2.24, 2.45) is 5.84 Å². The molecule has 2 aromatic rings. The first kappa shape index (κ1) is 15.3. The maximum atomic E-state index is 14.1. The molecule has 1 atom stereocenters. The Kier molecular flexibility index (Phi) is 4.99. The van der Waals surface area contributed by atoms with Crippen LogP contribution < -0.4 is 16.0 Å². The number of hydrazine groups is 1. The monoisotopic (exact) mass is 358 g/mol. The van der Waals surface area contributed by atoms with Gasteiger partial charge in [-0.05, 0) is 35.9 Å². The number of hydrogen-bond acceptors (Lipinski definition) is 3. The Morgan fingerprint density at radius 3 is 2.60 bits per heavy atom. The van der Waals surface area contributed by atoms with Gasteiger partial charge >= 0.3 is 0 Å². The van der Waals surface area contributed by atoms with E-state index in [1.807, 2.05) is 6.07 Å². The number of nitrogens with two attached hydrogens (primary N) is 1. The highest BCUT2D eigenvalue weighted by Gasteiger charge is 2.19. The molecule has 0 aliphatic carbocycles. The standard InChI is InChI=1S/C14H13BrClFN2O/c1-20-9-3-5-12(15)11(7-9)14(19-18)10-4-2-8(16)6-13(10)17/h2-7,14,19H,18H2,1H3. The summed E-state index contributed by atoms with van der Waals surface area (Å²) in [6.45, 7) is 0. The molecule has 0 saturated heterocycles. The lowest BCUT2D eigenvalue weighted by molar-refractivity contribution is 0.413. The number of rotatable bonds is 4. The lowest BCUT2D eigenvalue weighted by Gasteiger charge is -2.20. The molecular weight excluding hydrogens is 347 g/mol. The summed E-state index contributed by atoms with van der Waals surface area (Å²) in [5.74, 6) is 5.84. The molecule has 0 radical (unpaired) electrons. The normalized spacial score (nSPS) is 12.2. The van der Waals surface area contributed by atoms with Gasteiger partial charge in [0.2, 0.25) is 0 Å². The fourth-order valence-electron chi connectivity index (χ4n) is 1.95. The van der Waals surface area contributed by atoms with Gasteiger partial charge in [-0.1, -0.05) is 33.6 Å². The van der Waals surface area contributed by atoms with Crippen LogP contribution in [0.25, 0.3) is 0 Å². The van der Waals surface area contributed by atoms with Gasteiger partial charge in [0.25, 0.3) is 0 Å². The summed E-state index contributed by atoms with van der Waals surface area (Å²) in [5, 5.41) is 0.340. The second-order valence-electron chi connectivity index (χ2n) is 4.15. The fourth-order valence-corrected chi connectivity index (χ4v) is 2.59. The van der Waals surface area contributed by atoms with Crippen molar-refractivity contribution in [2.45, 2.75) is 6.04 Å². The zero-order valence-electron chi connectivity index (χ0n) is 10.7. The van der Waals surface area contributed by atoms with E-state index in [4.69, 9.17) is 22.2 Å². The molecule has 1 unspecified atom stereocenters. The molecule has 2 aromatic carbocycles. The van der Waals surface area contributed by atoms with Gasteiger partial charge in [-0.25, -0.2) is 9.82 Å². The van der Waals surface area contributed by atoms with Gasteiger partial charge in [0, 0.05) is 15.1 Å². The van der Waals surface area contributed by atoms with Crippen LogP contribution in [-0.4, -0.2) is 7.11 Å². The van der Waals surface area contributed by atoms with E-state index in [9.17, 15) is 4.39 Å². The van der Waals surface area contributed by atoms with Gasteiger partial charge in [0.05, 0.1) is 13.2 Å². The lowest BCUT2D eigenvalue weighted by Crippen LogP contribution is -2.29. The summed E-state index contributed by atoms with van der Waals surface area (Å²) in [6.07, 6.45) is 0. The summed E-state index contributed by atoms with van der Waals surface area (Å²) in [6, 6.07) is 9.40. The zero-order chi connectivity index (χ0) is 14.7. The number of halogens is 3. The third-order valence-electron chi connectivity index (χ3n) is 2.95. The first-order valence-electron chi connectivity index (χ1n) is 5.81. The number of ether oxygens (including phenoxy) is 1. The van der Waals surface area contributed by atoms with Crippen molar-refractivity contribution in [1.82, 2.24) is 5.43 Å². The Hall–Kier alpha value is -1.14. The summed E-state index contributed by atoms with van der Waals surface area (Å²) in [7, 11) is 1.57. The van der Waals surface area contributed by atoms with E-state index in [2.05, 4.69) is 21.4 Å². The van der Waals surface area contributed by atoms with E-state index in [0.717, 1.165) is 10.0 Å². The molecule has 0 aliphatic rings. The molecule has 0 amide bonds. The van der Waals surface area contributed by atoms with Gasteiger partial charge in [-0.15, -0.1) is 0 Å². The summed E-state index contributed by atoms with van der Waals surface area (Å²) < 4.78 is 20.0. The molecule has 0 fully saturated rings. The van der Waals surface area contributed by atoms with Crippen molar-refractivity contribution in [3.05, 3.63) is 62.8 Å². The van der Waals surface area contributed by atoms with Gasteiger partial charge in [0.15, 0.2) is 0 Å². The highest BCUT2D eigenvalue weighted by Crippen LogP contribution is 2.33. The maximum Gasteiger partial charge on any atom is 0.129 e. The Morgan fingerprint density at radius 2 is 2.00 bits per heavy atom. The van der Waals surface area contributed by atoms with Crippen LogP contribution in [-0.2, 0) is 0 Å². The SMILES string of the molecule is COc1ccc(Br)c(C(NN)c2ccc(Cl)cc2F)c1. The minimum Gasteiger partial charge on any atom is -0.497 e. The highest BCUT2D eigenvalue weighted by atomic mass is 79.9. The Morgan fingerprint density at radius 1 is 1.25 bits per heavy atom. The van der Waals surface area contributed by atoms with Gasteiger partial charge in [0.1, 0.15) is 11.6 Å². The van der Waals surface area contributed by atoms with Crippen LogP contribution in [0.4, 0.5) is 4.39 Å². The molecule has 2 rings (SSSR count). The predicted molar refractivity (Wildman–Crippen MR) is 81.3 cm³/mol.